The number of rotatable bonds is 9. The number of carbonyl (C=O) groups excluding carboxylic acids is 2. The number of fused-ring (bicyclic) bond motifs is 5. The molecule has 4 aromatic carbocycles. The van der Waals surface area contributed by atoms with Crippen LogP contribution in [0.4, 0.5) is 0 Å². The summed E-state index contributed by atoms with van der Waals surface area (Å²) in [6, 6.07) is 31.9. The molecule has 13 atom stereocenters. The summed E-state index contributed by atoms with van der Waals surface area (Å²) in [7, 11) is 4.07. The summed E-state index contributed by atoms with van der Waals surface area (Å²) in [5, 5.41) is 55.4. The van der Waals surface area contributed by atoms with Crippen LogP contribution in [-0.4, -0.2) is 78.4 Å². The fourth-order valence-corrected chi connectivity index (χ4v) is 19.4. The minimum atomic E-state index is -1.11. The Labute approximate surface area is 527 Å². The quantitative estimate of drug-likeness (QED) is 0.0590. The highest BCUT2D eigenvalue weighted by atomic mass is 16.6. The van der Waals surface area contributed by atoms with Crippen molar-refractivity contribution >= 4 is 17.5 Å². The standard InChI is InChI=1S/C77H93N5O7/c1-5-47(33-48-13-7-6-8-14-48)38-65-77-30-22-59-60-20-21-61-64(88-72(84)68(61)69(60)77)23-29-75(55-25-32-81-66(40-55)79-4)42-54-39-56(76(87)27-9-10-28-76)17-12-26-74(2,86)46-82-71(63(54)43-75)53-35-49(34-51(37-53)44-78-3)24-31-80-45-50-15-11-16-52(36-50)58-19-18-57(83)41-62(58)67(59)70(77)73(85)89-65/h6-8,11,13-16,18-19,23,34-38,41,47,54-56,59-60,63,66,69,71,78-83,86-87H,5,9-10,20-22,24-33,39-40,42-46H2,1-4H3/b64-23?,65-38-/t47-,54+,55+,56+,59+,60-,63-,66-,69+,71+,74+,75-,77+/m0/s1. The molecular formula is C77H93N5O7. The van der Waals surface area contributed by atoms with E-state index >= 15 is 9.59 Å². The van der Waals surface area contributed by atoms with Gasteiger partial charge in [-0.05, 0) is 252 Å². The van der Waals surface area contributed by atoms with E-state index in [1.165, 1.54) is 22.3 Å². The third-order valence-electron chi connectivity index (χ3n) is 23.6. The number of aliphatic hydroxyl groups is 2. The van der Waals surface area contributed by atoms with Crippen molar-refractivity contribution in [2.24, 2.45) is 58.2 Å². The second-order valence-corrected chi connectivity index (χ2v) is 29.1. The van der Waals surface area contributed by atoms with Crippen molar-refractivity contribution in [2.75, 3.05) is 33.7 Å². The molecule has 12 aliphatic rings. The lowest BCUT2D eigenvalue weighted by Gasteiger charge is -2.56. The second kappa shape index (κ2) is 24.5. The Morgan fingerprint density at radius 3 is 2.48 bits per heavy atom. The number of allylic oxidation sites excluding steroid dienone is 5. The average Bonchev–Trinajstić information content (AvgIpc) is 1.61. The molecule has 89 heavy (non-hydrogen) atoms. The first-order valence-corrected chi connectivity index (χ1v) is 34.1. The van der Waals surface area contributed by atoms with Crippen LogP contribution in [-0.2, 0) is 45.0 Å². The zero-order chi connectivity index (χ0) is 61.2. The number of ether oxygens (including phenoxy) is 2. The minimum absolute atomic E-state index is 0.00524. The van der Waals surface area contributed by atoms with Gasteiger partial charge in [0.05, 0.1) is 28.4 Å². The van der Waals surface area contributed by atoms with Crippen LogP contribution in [0.15, 0.2) is 131 Å². The molecule has 468 valence electrons. The van der Waals surface area contributed by atoms with E-state index in [2.05, 4.69) is 131 Å². The van der Waals surface area contributed by atoms with Crippen molar-refractivity contribution in [1.82, 2.24) is 26.6 Å². The Bertz CT molecular complexity index is 3580. The fraction of sp³-hybridized carbons (Fsp3) is 0.532. The van der Waals surface area contributed by atoms with Crippen molar-refractivity contribution in [3.05, 3.63) is 165 Å². The lowest BCUT2D eigenvalue weighted by molar-refractivity contribution is -0.135. The molecule has 0 amide bonds. The molecule has 14 bridgehead atoms. The smallest absolute Gasteiger partial charge is 0.340 e. The lowest BCUT2D eigenvalue weighted by Crippen LogP contribution is -2.52. The Morgan fingerprint density at radius 2 is 1.66 bits per heavy atom. The van der Waals surface area contributed by atoms with E-state index in [0.717, 1.165) is 142 Å². The molecule has 16 rings (SSSR count). The molecule has 2 saturated heterocycles. The normalized spacial score (nSPS) is 33.9. The topological polar surface area (TPSA) is 173 Å². The van der Waals surface area contributed by atoms with Gasteiger partial charge in [0, 0.05) is 55.1 Å². The summed E-state index contributed by atoms with van der Waals surface area (Å²) < 4.78 is 13.6. The minimum Gasteiger partial charge on any atom is -0.508 e. The van der Waals surface area contributed by atoms with E-state index in [1.54, 1.807) is 6.07 Å². The maximum Gasteiger partial charge on any atom is 0.340 e. The van der Waals surface area contributed by atoms with Gasteiger partial charge in [0.2, 0.25) is 0 Å². The number of carbonyl (C=O) groups is 2. The number of hydrogen-bond donors (Lipinski definition) is 8. The van der Waals surface area contributed by atoms with E-state index in [-0.39, 0.29) is 76.7 Å². The average molecular weight is 1200 g/mol. The Morgan fingerprint density at radius 1 is 0.809 bits per heavy atom. The maximum absolute atomic E-state index is 15.5. The first kappa shape index (κ1) is 60.4. The van der Waals surface area contributed by atoms with E-state index in [4.69, 9.17) is 9.47 Å². The number of hydrogen-bond acceptors (Lipinski definition) is 12. The predicted octanol–water partition coefficient (Wildman–Crippen LogP) is 11.8. The summed E-state index contributed by atoms with van der Waals surface area (Å²) >= 11 is 0. The van der Waals surface area contributed by atoms with Crippen LogP contribution in [0.3, 0.4) is 0 Å². The van der Waals surface area contributed by atoms with Crippen LogP contribution >= 0.6 is 0 Å². The SMILES string of the molecule is CC[C@H](/C=C1\OC(=O)C2=C3c4cc(O)ccc4-c4cccc(c4)CNCCc4cc(CNC)cc(c4)[C@H]4NC[C@](C)(O)CC#C[C@@H](C5(O)CCCC5)C[C@@H]5C[C@@]([C@@H]6CCN[C@H](NC)C6)(CC=C6OC(=O)C7=C6CC[C@H]6[C@H]3CC[C@@]21[C@@H]76)C[C@@H]54)Cc1ccccc1. The van der Waals surface area contributed by atoms with Crippen molar-refractivity contribution < 1.29 is 34.4 Å². The Hall–Kier alpha value is -6.14. The summed E-state index contributed by atoms with van der Waals surface area (Å²) in [6.07, 6.45) is 19.1. The summed E-state index contributed by atoms with van der Waals surface area (Å²) in [6.45, 7) is 7.47. The summed E-state index contributed by atoms with van der Waals surface area (Å²) in [5.74, 6) is 8.02. The first-order chi connectivity index (χ1) is 43.2. The zero-order valence-electron chi connectivity index (χ0n) is 52.8. The van der Waals surface area contributed by atoms with Gasteiger partial charge in [0.15, 0.2) is 0 Å². The molecule has 12 nitrogen and oxygen atoms in total. The highest BCUT2D eigenvalue weighted by Gasteiger charge is 2.69. The van der Waals surface area contributed by atoms with Gasteiger partial charge in [-0.3, -0.25) is 0 Å². The van der Waals surface area contributed by atoms with Crippen molar-refractivity contribution in [3.63, 3.8) is 0 Å². The number of esters is 2. The van der Waals surface area contributed by atoms with Crippen LogP contribution < -0.4 is 26.6 Å². The Kier molecular flexibility index (Phi) is 16.6. The van der Waals surface area contributed by atoms with E-state index in [0.29, 0.717) is 68.3 Å². The van der Waals surface area contributed by atoms with Gasteiger partial charge in [-0.25, -0.2) is 9.59 Å². The third-order valence-corrected chi connectivity index (χ3v) is 23.6. The number of β-amino-alcohol motifs (C(OH)–C–C–N with tert-alkyl or cyclic N) is 1. The highest BCUT2D eigenvalue weighted by Crippen LogP contribution is 2.72. The molecule has 3 saturated carbocycles. The third kappa shape index (κ3) is 11.2. The summed E-state index contributed by atoms with van der Waals surface area (Å²) in [5.41, 5.74) is 9.01. The van der Waals surface area contributed by atoms with Crippen LogP contribution in [0.1, 0.15) is 156 Å². The molecular weight excluding hydrogens is 1110 g/mol. The van der Waals surface area contributed by atoms with Gasteiger partial charge in [-0.2, -0.15) is 0 Å². The molecule has 6 aliphatic heterocycles. The number of piperidine rings is 1. The zero-order valence-corrected chi connectivity index (χ0v) is 52.8. The summed E-state index contributed by atoms with van der Waals surface area (Å²) in [4.78, 5) is 31.0. The van der Waals surface area contributed by atoms with E-state index in [9.17, 15) is 15.3 Å². The number of phenolic OH excluding ortho intramolecular Hbond substituents is 1. The van der Waals surface area contributed by atoms with Gasteiger partial charge >= 0.3 is 11.9 Å². The molecule has 0 aromatic heterocycles. The molecule has 6 heterocycles. The van der Waals surface area contributed by atoms with Gasteiger partial charge in [0.25, 0.3) is 0 Å². The number of aromatic hydroxyl groups is 1. The highest BCUT2D eigenvalue weighted by molar-refractivity contribution is 6.07. The van der Waals surface area contributed by atoms with Crippen LogP contribution in [0.25, 0.3) is 16.7 Å². The van der Waals surface area contributed by atoms with Crippen molar-refractivity contribution in [2.45, 2.75) is 166 Å². The Balaban J connectivity index is 0.960. The van der Waals surface area contributed by atoms with Crippen LogP contribution in [0.5, 0.6) is 5.75 Å². The molecule has 8 N–H and O–H groups in total. The fourth-order valence-electron chi connectivity index (χ4n) is 19.4. The molecule has 4 aromatic rings. The van der Waals surface area contributed by atoms with Crippen LogP contribution in [0.2, 0.25) is 0 Å². The predicted molar refractivity (Wildman–Crippen MR) is 348 cm³/mol. The van der Waals surface area contributed by atoms with Crippen LogP contribution in [0, 0.1) is 70.0 Å². The first-order valence-electron chi connectivity index (χ1n) is 34.1. The number of cyclic esters (lactones) is 1. The molecule has 0 unspecified atom stereocenters. The molecule has 5 fully saturated rings. The van der Waals surface area contributed by atoms with Crippen molar-refractivity contribution in [1.29, 1.82) is 0 Å². The van der Waals surface area contributed by atoms with E-state index < -0.39 is 16.6 Å². The number of nitrogens with one attached hydrogen (secondary N) is 5. The number of benzene rings is 4. The maximum atomic E-state index is 15.5. The van der Waals surface area contributed by atoms with Gasteiger partial charge < -0.3 is 51.4 Å². The van der Waals surface area contributed by atoms with E-state index in [1.807, 2.05) is 32.2 Å². The monoisotopic (exact) mass is 1200 g/mol. The molecule has 0 radical (unpaired) electrons. The molecule has 12 heteroatoms. The largest absolute Gasteiger partial charge is 0.508 e. The second-order valence-electron chi connectivity index (χ2n) is 29.1. The van der Waals surface area contributed by atoms with Gasteiger partial charge in [0.1, 0.15) is 17.3 Å². The molecule has 1 spiro atoms. The lowest BCUT2D eigenvalue weighted by atomic mass is 9.44. The number of phenols is 1. The molecule has 6 aliphatic carbocycles. The van der Waals surface area contributed by atoms with Gasteiger partial charge in [-0.15, -0.1) is 0 Å². The van der Waals surface area contributed by atoms with Gasteiger partial charge in [-0.1, -0.05) is 104 Å². The van der Waals surface area contributed by atoms with Crippen molar-refractivity contribution in [3.8, 4) is 28.7 Å².